The van der Waals surface area contributed by atoms with Crippen LogP contribution in [0.3, 0.4) is 0 Å². The molecule has 0 bridgehead atoms. The van der Waals surface area contributed by atoms with Gasteiger partial charge in [0, 0.05) is 5.57 Å². The Morgan fingerprint density at radius 3 is 1.82 bits per heavy atom. The van der Waals surface area contributed by atoms with E-state index >= 15 is 0 Å². The summed E-state index contributed by atoms with van der Waals surface area (Å²) in [5.74, 6) is 3.25. The molecule has 9 heteroatoms. The van der Waals surface area contributed by atoms with E-state index in [0.29, 0.717) is 40.1 Å². The molecule has 0 spiro atoms. The molecular formula is C30H34N2O7. The first-order valence-electron chi connectivity index (χ1n) is 12.5. The van der Waals surface area contributed by atoms with E-state index in [1.807, 2.05) is 24.3 Å². The molecule has 206 valence electrons. The third-order valence-corrected chi connectivity index (χ3v) is 7.15. The zero-order valence-electron chi connectivity index (χ0n) is 23.3. The van der Waals surface area contributed by atoms with Crippen LogP contribution in [-0.4, -0.2) is 48.8 Å². The topological polar surface area (TPSA) is 114 Å². The van der Waals surface area contributed by atoms with Gasteiger partial charge in [0.1, 0.15) is 17.7 Å². The summed E-state index contributed by atoms with van der Waals surface area (Å²) in [6.07, 6.45) is 3.24. The second kappa shape index (κ2) is 11.5. The molecule has 1 heterocycles. The number of rotatable bonds is 8. The third-order valence-electron chi connectivity index (χ3n) is 7.15. The molecule has 2 atom stereocenters. The van der Waals surface area contributed by atoms with Gasteiger partial charge in [0.05, 0.1) is 42.7 Å². The average molecular weight is 535 g/mol. The first kappa shape index (κ1) is 27.6. The first-order valence-corrected chi connectivity index (χ1v) is 12.5. The summed E-state index contributed by atoms with van der Waals surface area (Å²) in [4.78, 5) is 0. The van der Waals surface area contributed by atoms with Crippen LogP contribution in [0, 0.1) is 17.2 Å². The maximum atomic E-state index is 10.1. The normalized spacial score (nSPS) is 19.6. The quantitative estimate of drug-likeness (QED) is 0.494. The number of hydrogen-bond acceptors (Lipinski definition) is 9. The lowest BCUT2D eigenvalue weighted by Crippen LogP contribution is -2.33. The molecular weight excluding hydrogens is 500 g/mol. The van der Waals surface area contributed by atoms with Crippen LogP contribution in [0.1, 0.15) is 30.9 Å². The van der Waals surface area contributed by atoms with Crippen molar-refractivity contribution >= 4 is 11.6 Å². The molecule has 0 aromatic heterocycles. The van der Waals surface area contributed by atoms with Crippen molar-refractivity contribution in [3.05, 3.63) is 58.0 Å². The molecule has 2 N–H and O–H groups in total. The number of allylic oxidation sites excluding steroid dienone is 2. The van der Waals surface area contributed by atoms with Crippen LogP contribution in [0.4, 0.5) is 0 Å². The van der Waals surface area contributed by atoms with Crippen LogP contribution in [0.2, 0.25) is 0 Å². The molecule has 0 unspecified atom stereocenters. The summed E-state index contributed by atoms with van der Waals surface area (Å²) in [5.41, 5.74) is 11.0. The zero-order chi connectivity index (χ0) is 28.3. The van der Waals surface area contributed by atoms with Crippen molar-refractivity contribution in [2.75, 3.05) is 42.7 Å². The van der Waals surface area contributed by atoms with Gasteiger partial charge >= 0.3 is 0 Å². The van der Waals surface area contributed by atoms with Crippen LogP contribution in [0.25, 0.3) is 11.6 Å². The van der Waals surface area contributed by atoms with Gasteiger partial charge in [-0.15, -0.1) is 0 Å². The molecule has 1 fully saturated rings. The predicted molar refractivity (Wildman–Crippen MR) is 147 cm³/mol. The van der Waals surface area contributed by atoms with Gasteiger partial charge in [0.15, 0.2) is 23.0 Å². The Bertz CT molecular complexity index is 1350. The van der Waals surface area contributed by atoms with Gasteiger partial charge in [-0.25, -0.2) is 0 Å². The van der Waals surface area contributed by atoms with E-state index < -0.39 is 6.10 Å². The minimum Gasteiger partial charge on any atom is -0.493 e. The molecule has 0 radical (unpaired) electrons. The number of methoxy groups -OCH3 is 6. The van der Waals surface area contributed by atoms with Crippen molar-refractivity contribution in [1.29, 1.82) is 5.26 Å². The van der Waals surface area contributed by atoms with E-state index in [-0.39, 0.29) is 17.4 Å². The van der Waals surface area contributed by atoms with Crippen LogP contribution in [0.5, 0.6) is 34.5 Å². The van der Waals surface area contributed by atoms with Gasteiger partial charge in [0.2, 0.25) is 17.4 Å². The zero-order valence-corrected chi connectivity index (χ0v) is 23.3. The minimum absolute atomic E-state index is 0.0693. The van der Waals surface area contributed by atoms with E-state index in [1.54, 1.807) is 42.7 Å². The lowest BCUT2D eigenvalue weighted by molar-refractivity contribution is 0.143. The molecule has 0 saturated heterocycles. The summed E-state index contributed by atoms with van der Waals surface area (Å²) < 4.78 is 39.5. The Kier molecular flexibility index (Phi) is 8.15. The largest absolute Gasteiger partial charge is 0.493 e. The monoisotopic (exact) mass is 534 g/mol. The molecule has 9 nitrogen and oxygen atoms in total. The molecule has 1 aliphatic heterocycles. The Labute approximate surface area is 229 Å². The number of benzene rings is 2. The fraction of sp³-hybridized carbons (Fsp3) is 0.367. The number of hydrogen-bond donors (Lipinski definition) is 1. The fourth-order valence-electron chi connectivity index (χ4n) is 5.29. The Balaban J connectivity index is 1.93. The third kappa shape index (κ3) is 4.90. The highest BCUT2D eigenvalue weighted by atomic mass is 16.5. The van der Waals surface area contributed by atoms with Crippen LogP contribution in [-0.2, 0) is 4.74 Å². The van der Waals surface area contributed by atoms with E-state index in [4.69, 9.17) is 38.9 Å². The summed E-state index contributed by atoms with van der Waals surface area (Å²) in [5, 5.41) is 10.1. The van der Waals surface area contributed by atoms with Crippen LogP contribution >= 0.6 is 0 Å². The fourth-order valence-corrected chi connectivity index (χ4v) is 5.29. The van der Waals surface area contributed by atoms with Crippen molar-refractivity contribution in [2.24, 2.45) is 11.7 Å². The molecule has 4 rings (SSSR count). The van der Waals surface area contributed by atoms with Gasteiger partial charge < -0.3 is 38.9 Å². The standard InChI is InChI=1S/C30H34N2O7/c1-16-8-9-18(10-17-11-21(33-2)28(37-6)22(12-17)34-3)27-25(16)26(20(15-31)30(32)39-27)19-13-23(35-4)29(38-7)24(14-19)36-5/h10-14,16,27H,8-9,32H2,1-7H3/b18-10-/t16-,27+/m0/s1. The van der Waals surface area contributed by atoms with Gasteiger partial charge in [0.25, 0.3) is 0 Å². The number of nitrogens with two attached hydrogens (primary N) is 1. The van der Waals surface area contributed by atoms with E-state index in [0.717, 1.165) is 35.1 Å². The molecule has 2 aliphatic rings. The van der Waals surface area contributed by atoms with Gasteiger partial charge in [-0.3, -0.25) is 0 Å². The minimum atomic E-state index is -0.459. The van der Waals surface area contributed by atoms with Gasteiger partial charge in [-0.1, -0.05) is 13.0 Å². The smallest absolute Gasteiger partial charge is 0.204 e. The van der Waals surface area contributed by atoms with E-state index in [2.05, 4.69) is 19.1 Å². The molecule has 0 amide bonds. The van der Waals surface area contributed by atoms with Gasteiger partial charge in [-0.05, 0) is 65.3 Å². The maximum absolute atomic E-state index is 10.1. The van der Waals surface area contributed by atoms with Gasteiger partial charge in [-0.2, -0.15) is 5.26 Å². The first-order chi connectivity index (χ1) is 18.8. The lowest BCUT2D eigenvalue weighted by atomic mass is 9.73. The summed E-state index contributed by atoms with van der Waals surface area (Å²) in [7, 11) is 9.40. The second-order valence-corrected chi connectivity index (χ2v) is 9.21. The summed E-state index contributed by atoms with van der Waals surface area (Å²) >= 11 is 0. The van der Waals surface area contributed by atoms with Crippen molar-refractivity contribution in [2.45, 2.75) is 25.9 Å². The Morgan fingerprint density at radius 1 is 0.846 bits per heavy atom. The van der Waals surface area contributed by atoms with Crippen LogP contribution < -0.4 is 34.2 Å². The number of ether oxygens (including phenoxy) is 7. The highest BCUT2D eigenvalue weighted by Gasteiger charge is 2.39. The maximum Gasteiger partial charge on any atom is 0.204 e. The average Bonchev–Trinajstić information content (AvgIpc) is 2.96. The van der Waals surface area contributed by atoms with E-state index in [1.165, 1.54) is 0 Å². The molecule has 39 heavy (non-hydrogen) atoms. The van der Waals surface area contributed by atoms with E-state index in [9.17, 15) is 5.26 Å². The highest BCUT2D eigenvalue weighted by molar-refractivity contribution is 5.89. The van der Waals surface area contributed by atoms with Crippen molar-refractivity contribution in [3.63, 3.8) is 0 Å². The summed E-state index contributed by atoms with van der Waals surface area (Å²) in [6.45, 7) is 2.14. The number of nitrogens with zero attached hydrogens (tertiary/aromatic N) is 1. The molecule has 2 aromatic carbocycles. The number of nitriles is 1. The Hall–Kier alpha value is -4.45. The van der Waals surface area contributed by atoms with Crippen LogP contribution in [0.15, 0.2) is 46.9 Å². The molecule has 2 aromatic rings. The molecule has 1 aliphatic carbocycles. The second-order valence-electron chi connectivity index (χ2n) is 9.21. The lowest BCUT2D eigenvalue weighted by Gasteiger charge is -2.38. The highest BCUT2D eigenvalue weighted by Crippen LogP contribution is 2.49. The number of fused-ring (bicyclic) bond motifs is 1. The summed E-state index contributed by atoms with van der Waals surface area (Å²) in [6, 6.07) is 9.70. The predicted octanol–water partition coefficient (Wildman–Crippen LogP) is 5.10. The Morgan fingerprint density at radius 2 is 1.36 bits per heavy atom. The van der Waals surface area contributed by atoms with Crippen molar-refractivity contribution in [1.82, 2.24) is 0 Å². The molecule has 1 saturated carbocycles. The van der Waals surface area contributed by atoms with Crippen molar-refractivity contribution in [3.8, 4) is 40.6 Å². The SMILES string of the molecule is COc1cc(/C=C2/CC[C@H](C)C3=C(c4cc(OC)c(OC)c(OC)c4)C(C#N)=C(N)O[C@@H]32)cc(OC)c1OC. The van der Waals surface area contributed by atoms with Crippen molar-refractivity contribution < 1.29 is 33.2 Å².